The number of aromatic nitrogens is 3. The standard InChI is InChI=1S/C20H15FN4O2/c21-15-3-1-4-17(11-15)27-13-19(26)23-16-7-5-14(6-8-16)18-12-25-10-2-9-22-20(25)24-18/h1-12H,13H2,(H,23,26). The number of benzene rings is 2. The minimum atomic E-state index is -0.411. The molecule has 0 aliphatic rings. The summed E-state index contributed by atoms with van der Waals surface area (Å²) in [7, 11) is 0. The van der Waals surface area contributed by atoms with E-state index < -0.39 is 5.82 Å². The second-order valence-electron chi connectivity index (χ2n) is 5.82. The van der Waals surface area contributed by atoms with Crippen LogP contribution < -0.4 is 10.1 Å². The Kier molecular flexibility index (Phi) is 4.49. The molecule has 4 rings (SSSR count). The van der Waals surface area contributed by atoms with Crippen LogP contribution >= 0.6 is 0 Å². The Morgan fingerprint density at radius 1 is 1.15 bits per heavy atom. The van der Waals surface area contributed by atoms with Gasteiger partial charge in [-0.3, -0.25) is 9.20 Å². The lowest BCUT2D eigenvalue weighted by molar-refractivity contribution is -0.118. The smallest absolute Gasteiger partial charge is 0.262 e. The molecular formula is C20H15FN4O2. The summed E-state index contributed by atoms with van der Waals surface area (Å²) in [4.78, 5) is 20.6. The van der Waals surface area contributed by atoms with Gasteiger partial charge in [-0.15, -0.1) is 0 Å². The quantitative estimate of drug-likeness (QED) is 0.589. The number of halogens is 1. The maximum absolute atomic E-state index is 13.1. The van der Waals surface area contributed by atoms with Gasteiger partial charge in [0, 0.05) is 35.9 Å². The van der Waals surface area contributed by atoms with E-state index in [0.717, 1.165) is 11.3 Å². The molecule has 0 bridgehead atoms. The number of fused-ring (bicyclic) bond motifs is 1. The first-order valence-electron chi connectivity index (χ1n) is 8.26. The maximum Gasteiger partial charge on any atom is 0.262 e. The predicted octanol–water partition coefficient (Wildman–Crippen LogP) is 3.55. The Balaban J connectivity index is 1.39. The van der Waals surface area contributed by atoms with E-state index in [9.17, 15) is 9.18 Å². The largest absolute Gasteiger partial charge is 0.484 e. The van der Waals surface area contributed by atoms with Crippen molar-refractivity contribution in [1.29, 1.82) is 0 Å². The lowest BCUT2D eigenvalue weighted by Gasteiger charge is -2.08. The second-order valence-corrected chi connectivity index (χ2v) is 5.82. The molecule has 27 heavy (non-hydrogen) atoms. The number of nitrogens with zero attached hydrogens (tertiary/aromatic N) is 3. The van der Waals surface area contributed by atoms with E-state index in [4.69, 9.17) is 4.74 Å². The van der Waals surface area contributed by atoms with Gasteiger partial charge in [0.05, 0.1) is 5.69 Å². The molecule has 0 fully saturated rings. The van der Waals surface area contributed by atoms with Crippen LogP contribution in [0.4, 0.5) is 10.1 Å². The molecule has 0 aliphatic heterocycles. The molecule has 7 heteroatoms. The fraction of sp³-hybridized carbons (Fsp3) is 0.0500. The number of imidazole rings is 1. The van der Waals surface area contributed by atoms with Gasteiger partial charge in [0.2, 0.25) is 5.78 Å². The summed E-state index contributed by atoms with van der Waals surface area (Å²) in [5.74, 6) is 0.190. The third-order valence-electron chi connectivity index (χ3n) is 3.87. The van der Waals surface area contributed by atoms with Crippen LogP contribution in [-0.2, 0) is 4.79 Å². The van der Waals surface area contributed by atoms with Crippen LogP contribution in [0.15, 0.2) is 73.2 Å². The summed E-state index contributed by atoms with van der Waals surface area (Å²) >= 11 is 0. The topological polar surface area (TPSA) is 68.5 Å². The van der Waals surface area contributed by atoms with Crippen molar-refractivity contribution >= 4 is 17.4 Å². The summed E-state index contributed by atoms with van der Waals surface area (Å²) in [5, 5.41) is 2.74. The van der Waals surface area contributed by atoms with Gasteiger partial charge in [0.25, 0.3) is 5.91 Å². The van der Waals surface area contributed by atoms with Crippen LogP contribution in [0.2, 0.25) is 0 Å². The fourth-order valence-electron chi connectivity index (χ4n) is 2.60. The number of carbonyl (C=O) groups is 1. The van der Waals surface area contributed by atoms with Gasteiger partial charge >= 0.3 is 0 Å². The Morgan fingerprint density at radius 3 is 2.78 bits per heavy atom. The highest BCUT2D eigenvalue weighted by molar-refractivity contribution is 5.92. The van der Waals surface area contributed by atoms with E-state index in [1.165, 1.54) is 18.2 Å². The number of rotatable bonds is 5. The molecule has 2 aromatic heterocycles. The van der Waals surface area contributed by atoms with Gasteiger partial charge in [-0.05, 0) is 30.3 Å². The van der Waals surface area contributed by atoms with Crippen molar-refractivity contribution in [1.82, 2.24) is 14.4 Å². The van der Waals surface area contributed by atoms with E-state index in [2.05, 4.69) is 15.3 Å². The Labute approximate surface area is 154 Å². The predicted molar refractivity (Wildman–Crippen MR) is 98.9 cm³/mol. The minimum Gasteiger partial charge on any atom is -0.484 e. The van der Waals surface area contributed by atoms with Crippen LogP contribution in [-0.4, -0.2) is 26.9 Å². The fourth-order valence-corrected chi connectivity index (χ4v) is 2.60. The van der Waals surface area contributed by atoms with E-state index in [-0.39, 0.29) is 12.5 Å². The Morgan fingerprint density at radius 2 is 2.00 bits per heavy atom. The zero-order valence-corrected chi connectivity index (χ0v) is 14.2. The number of ether oxygens (including phenoxy) is 1. The van der Waals surface area contributed by atoms with Gasteiger partial charge in [-0.2, -0.15) is 0 Å². The number of carbonyl (C=O) groups excluding carboxylic acids is 1. The number of hydrogen-bond donors (Lipinski definition) is 1. The van der Waals surface area contributed by atoms with Crippen molar-refractivity contribution in [3.63, 3.8) is 0 Å². The SMILES string of the molecule is O=C(COc1cccc(F)c1)Nc1ccc(-c2cn3cccnc3n2)cc1. The lowest BCUT2D eigenvalue weighted by atomic mass is 10.1. The van der Waals surface area contributed by atoms with Gasteiger partial charge in [-0.25, -0.2) is 14.4 Å². The summed E-state index contributed by atoms with van der Waals surface area (Å²) in [6.07, 6.45) is 5.46. The van der Waals surface area contributed by atoms with Crippen LogP contribution in [0, 0.1) is 5.82 Å². The van der Waals surface area contributed by atoms with Crippen LogP contribution in [0.3, 0.4) is 0 Å². The number of amides is 1. The summed E-state index contributed by atoms with van der Waals surface area (Å²) in [6, 6.07) is 14.8. The summed E-state index contributed by atoms with van der Waals surface area (Å²) < 4.78 is 20.2. The Hall–Kier alpha value is -3.74. The van der Waals surface area contributed by atoms with Gasteiger partial charge < -0.3 is 10.1 Å². The highest BCUT2D eigenvalue weighted by Crippen LogP contribution is 2.21. The van der Waals surface area contributed by atoms with Gasteiger partial charge in [-0.1, -0.05) is 18.2 Å². The van der Waals surface area contributed by atoms with Crippen LogP contribution in [0.5, 0.6) is 5.75 Å². The first-order chi connectivity index (χ1) is 13.2. The summed E-state index contributed by atoms with van der Waals surface area (Å²) in [6.45, 7) is -0.205. The zero-order chi connectivity index (χ0) is 18.6. The molecule has 2 aromatic carbocycles. The molecule has 134 valence electrons. The van der Waals surface area contributed by atoms with E-state index >= 15 is 0 Å². The monoisotopic (exact) mass is 362 g/mol. The number of hydrogen-bond acceptors (Lipinski definition) is 4. The molecule has 0 aliphatic carbocycles. The third-order valence-corrected chi connectivity index (χ3v) is 3.87. The summed E-state index contributed by atoms with van der Waals surface area (Å²) in [5.41, 5.74) is 2.34. The first kappa shape index (κ1) is 16.7. The van der Waals surface area contributed by atoms with Crippen molar-refractivity contribution in [2.75, 3.05) is 11.9 Å². The first-order valence-corrected chi connectivity index (χ1v) is 8.26. The normalized spacial score (nSPS) is 10.7. The molecule has 0 saturated heterocycles. The molecule has 6 nitrogen and oxygen atoms in total. The van der Waals surface area contributed by atoms with Crippen molar-refractivity contribution in [2.24, 2.45) is 0 Å². The molecule has 1 N–H and O–H groups in total. The average molecular weight is 362 g/mol. The molecule has 0 atom stereocenters. The van der Waals surface area contributed by atoms with Crippen LogP contribution in [0.1, 0.15) is 0 Å². The highest BCUT2D eigenvalue weighted by Gasteiger charge is 2.07. The minimum absolute atomic E-state index is 0.205. The molecule has 0 radical (unpaired) electrons. The number of nitrogens with one attached hydrogen (secondary N) is 1. The van der Waals surface area contributed by atoms with Crippen molar-refractivity contribution in [3.05, 3.63) is 79.0 Å². The molecule has 0 unspecified atom stereocenters. The molecule has 2 heterocycles. The Bertz CT molecular complexity index is 1060. The van der Waals surface area contributed by atoms with E-state index in [0.29, 0.717) is 17.2 Å². The molecular weight excluding hydrogens is 347 g/mol. The zero-order valence-electron chi connectivity index (χ0n) is 14.2. The van der Waals surface area contributed by atoms with Crippen LogP contribution in [0.25, 0.3) is 17.0 Å². The second kappa shape index (κ2) is 7.25. The highest BCUT2D eigenvalue weighted by atomic mass is 19.1. The van der Waals surface area contributed by atoms with Crippen molar-refractivity contribution in [2.45, 2.75) is 0 Å². The third kappa shape index (κ3) is 3.92. The molecule has 0 spiro atoms. The molecule has 4 aromatic rings. The van der Waals surface area contributed by atoms with Crippen molar-refractivity contribution < 1.29 is 13.9 Å². The van der Waals surface area contributed by atoms with E-state index in [1.54, 1.807) is 24.4 Å². The average Bonchev–Trinajstić information content (AvgIpc) is 3.11. The maximum atomic E-state index is 13.1. The molecule has 0 saturated carbocycles. The van der Waals surface area contributed by atoms with Crippen molar-refractivity contribution in [3.8, 4) is 17.0 Å². The van der Waals surface area contributed by atoms with Gasteiger partial charge in [0.1, 0.15) is 11.6 Å². The number of anilines is 1. The van der Waals surface area contributed by atoms with E-state index in [1.807, 2.05) is 35.0 Å². The van der Waals surface area contributed by atoms with Gasteiger partial charge in [0.15, 0.2) is 6.61 Å². The molecule has 1 amide bonds. The lowest BCUT2D eigenvalue weighted by Crippen LogP contribution is -2.20.